The van der Waals surface area contributed by atoms with E-state index >= 15 is 0 Å². The molecule has 0 radical (unpaired) electrons. The summed E-state index contributed by atoms with van der Waals surface area (Å²) in [4.78, 5) is 0. The van der Waals surface area contributed by atoms with Gasteiger partial charge in [-0.05, 0) is 12.2 Å². The molecule has 0 heterocycles. The molecule has 1 aliphatic rings. The van der Waals surface area contributed by atoms with Gasteiger partial charge in [0, 0.05) is 5.03 Å². The molecule has 0 saturated carbocycles. The second kappa shape index (κ2) is 2.93. The van der Waals surface area contributed by atoms with Crippen LogP contribution < -0.4 is 0 Å². The molecule has 0 saturated heterocycles. The van der Waals surface area contributed by atoms with Crippen molar-refractivity contribution in [3.8, 4) is 0 Å². The Morgan fingerprint density at radius 3 is 2.40 bits per heavy atom. The van der Waals surface area contributed by atoms with Gasteiger partial charge in [0.15, 0.2) is 0 Å². The molecule has 0 aromatic rings. The molecule has 2 atom stereocenters. The van der Waals surface area contributed by atoms with Crippen LogP contribution in [0.1, 0.15) is 0 Å². The Balaban J connectivity index is 2.85. The molecule has 0 aromatic carbocycles. The van der Waals surface area contributed by atoms with Crippen LogP contribution in [-0.2, 0) is 0 Å². The molecule has 0 spiro atoms. The lowest BCUT2D eigenvalue weighted by Crippen LogP contribution is -2.26. The van der Waals surface area contributed by atoms with Crippen molar-refractivity contribution < 1.29 is 10.2 Å². The van der Waals surface area contributed by atoms with E-state index in [9.17, 15) is 0 Å². The molecule has 0 bridgehead atoms. The minimum absolute atomic E-state index is 0.167. The third kappa shape index (κ3) is 1.52. The highest BCUT2D eigenvalue weighted by atomic mass is 35.5. The molecule has 0 aromatic heterocycles. The fraction of sp³-hybridized carbons (Fsp3) is 0.333. The third-order valence-electron chi connectivity index (χ3n) is 1.21. The molecule has 2 N–H and O–H groups in total. The van der Waals surface area contributed by atoms with E-state index in [2.05, 4.69) is 0 Å². The lowest BCUT2D eigenvalue weighted by Gasteiger charge is -2.17. The highest BCUT2D eigenvalue weighted by Crippen LogP contribution is 2.23. The van der Waals surface area contributed by atoms with Crippen molar-refractivity contribution in [2.45, 2.75) is 12.2 Å². The standard InChI is InChI=1S/C6H6Cl2O2/c7-3-1-4(8)6(10)5(9)2-3/h1-2,5-6,9-10H/t5-,6+/m1/s1. The Morgan fingerprint density at radius 1 is 1.30 bits per heavy atom. The molecule has 0 aliphatic heterocycles. The topological polar surface area (TPSA) is 40.5 Å². The van der Waals surface area contributed by atoms with Crippen LogP contribution in [0.3, 0.4) is 0 Å². The van der Waals surface area contributed by atoms with E-state index in [1.54, 1.807) is 0 Å². The van der Waals surface area contributed by atoms with E-state index in [4.69, 9.17) is 33.4 Å². The molecule has 0 unspecified atom stereocenters. The zero-order valence-electron chi connectivity index (χ0n) is 4.96. The Kier molecular flexibility index (Phi) is 2.36. The number of hydrogen-bond donors (Lipinski definition) is 2. The maximum Gasteiger partial charge on any atom is 0.119 e. The molecule has 1 rings (SSSR count). The van der Waals surface area contributed by atoms with Crippen LogP contribution in [0.25, 0.3) is 0 Å². The molecular weight excluding hydrogens is 175 g/mol. The normalized spacial score (nSPS) is 33.2. The number of halogens is 2. The molecule has 1 aliphatic carbocycles. The first kappa shape index (κ1) is 8.08. The van der Waals surface area contributed by atoms with Gasteiger partial charge in [-0.25, -0.2) is 0 Å². The zero-order chi connectivity index (χ0) is 7.72. The van der Waals surface area contributed by atoms with E-state index in [0.29, 0.717) is 5.03 Å². The summed E-state index contributed by atoms with van der Waals surface area (Å²) < 4.78 is 0. The van der Waals surface area contributed by atoms with Gasteiger partial charge in [0.1, 0.15) is 12.2 Å². The second-order valence-corrected chi connectivity index (χ2v) is 2.89. The van der Waals surface area contributed by atoms with Crippen LogP contribution in [0.15, 0.2) is 22.2 Å². The summed E-state index contributed by atoms with van der Waals surface area (Å²) in [6.45, 7) is 0. The Hall–Kier alpha value is -0.0200. The van der Waals surface area contributed by atoms with Crippen molar-refractivity contribution in [1.82, 2.24) is 0 Å². The Labute approximate surface area is 68.4 Å². The van der Waals surface area contributed by atoms with Gasteiger partial charge in [0.2, 0.25) is 0 Å². The molecule has 2 nitrogen and oxygen atoms in total. The Morgan fingerprint density at radius 2 is 1.90 bits per heavy atom. The van der Waals surface area contributed by atoms with Crippen LogP contribution in [-0.4, -0.2) is 22.4 Å². The molecule has 0 fully saturated rings. The van der Waals surface area contributed by atoms with Gasteiger partial charge < -0.3 is 10.2 Å². The SMILES string of the molecule is O[C@@H]1C=C(Cl)C=C(Cl)[C@@H]1O. The fourth-order valence-electron chi connectivity index (χ4n) is 0.683. The highest BCUT2D eigenvalue weighted by Gasteiger charge is 2.21. The summed E-state index contributed by atoms with van der Waals surface area (Å²) in [5.41, 5.74) is 0. The van der Waals surface area contributed by atoms with Gasteiger partial charge in [-0.15, -0.1) is 0 Å². The van der Waals surface area contributed by atoms with Gasteiger partial charge >= 0.3 is 0 Å². The second-order valence-electron chi connectivity index (χ2n) is 2.02. The van der Waals surface area contributed by atoms with Crippen LogP contribution in [0.2, 0.25) is 0 Å². The van der Waals surface area contributed by atoms with Crippen LogP contribution in [0.4, 0.5) is 0 Å². The molecular formula is C6H6Cl2O2. The van der Waals surface area contributed by atoms with Gasteiger partial charge in [0.25, 0.3) is 0 Å². The minimum atomic E-state index is -1.02. The number of rotatable bonds is 0. The first-order valence-corrected chi connectivity index (χ1v) is 3.47. The van der Waals surface area contributed by atoms with Crippen molar-refractivity contribution in [2.24, 2.45) is 0 Å². The average Bonchev–Trinajstić information content (AvgIpc) is 1.82. The van der Waals surface area contributed by atoms with E-state index in [1.165, 1.54) is 12.2 Å². The van der Waals surface area contributed by atoms with Crippen molar-refractivity contribution in [1.29, 1.82) is 0 Å². The summed E-state index contributed by atoms with van der Waals surface area (Å²) in [7, 11) is 0. The lowest BCUT2D eigenvalue weighted by molar-refractivity contribution is 0.0761. The molecule has 10 heavy (non-hydrogen) atoms. The summed E-state index contributed by atoms with van der Waals surface area (Å²) in [5, 5.41) is 18.5. The minimum Gasteiger partial charge on any atom is -0.386 e. The largest absolute Gasteiger partial charge is 0.386 e. The van der Waals surface area contributed by atoms with Gasteiger partial charge in [-0.3, -0.25) is 0 Å². The predicted molar refractivity (Wildman–Crippen MR) is 39.9 cm³/mol. The van der Waals surface area contributed by atoms with Gasteiger partial charge in [0.05, 0.1) is 5.03 Å². The third-order valence-corrected chi connectivity index (χ3v) is 1.78. The van der Waals surface area contributed by atoms with Gasteiger partial charge in [-0.1, -0.05) is 23.2 Å². The summed E-state index contributed by atoms with van der Waals surface area (Å²) in [5.74, 6) is 0. The fourth-order valence-corrected chi connectivity index (χ4v) is 1.23. The number of allylic oxidation sites excluding steroid dienone is 2. The van der Waals surface area contributed by atoms with Crippen LogP contribution >= 0.6 is 23.2 Å². The smallest absolute Gasteiger partial charge is 0.119 e. The Bertz CT molecular complexity index is 198. The summed E-state index contributed by atoms with van der Waals surface area (Å²) in [6, 6.07) is 0. The van der Waals surface area contributed by atoms with E-state index in [0.717, 1.165) is 0 Å². The molecule has 0 amide bonds. The van der Waals surface area contributed by atoms with Crippen molar-refractivity contribution in [2.75, 3.05) is 0 Å². The van der Waals surface area contributed by atoms with Crippen LogP contribution in [0.5, 0.6) is 0 Å². The first-order valence-electron chi connectivity index (χ1n) is 2.72. The summed E-state index contributed by atoms with van der Waals surface area (Å²) >= 11 is 11.0. The summed E-state index contributed by atoms with van der Waals surface area (Å²) in [6.07, 6.45) is 0.729. The molecule has 4 heteroatoms. The number of aliphatic hydroxyl groups is 2. The predicted octanol–water partition coefficient (Wildman–Crippen LogP) is 0.967. The van der Waals surface area contributed by atoms with Crippen molar-refractivity contribution in [3.05, 3.63) is 22.2 Å². The van der Waals surface area contributed by atoms with Crippen molar-refractivity contribution in [3.63, 3.8) is 0 Å². The first-order chi connectivity index (χ1) is 4.61. The van der Waals surface area contributed by atoms with E-state index in [-0.39, 0.29) is 5.03 Å². The molecule has 56 valence electrons. The zero-order valence-corrected chi connectivity index (χ0v) is 6.47. The van der Waals surface area contributed by atoms with E-state index < -0.39 is 12.2 Å². The van der Waals surface area contributed by atoms with Crippen molar-refractivity contribution >= 4 is 23.2 Å². The number of aliphatic hydroxyl groups excluding tert-OH is 2. The van der Waals surface area contributed by atoms with E-state index in [1.807, 2.05) is 0 Å². The van der Waals surface area contributed by atoms with Gasteiger partial charge in [-0.2, -0.15) is 0 Å². The average molecular weight is 181 g/mol. The maximum absolute atomic E-state index is 9.01. The maximum atomic E-state index is 9.01. The quantitative estimate of drug-likeness (QED) is 0.584. The number of hydrogen-bond acceptors (Lipinski definition) is 2. The van der Waals surface area contributed by atoms with Crippen LogP contribution in [0, 0.1) is 0 Å². The highest BCUT2D eigenvalue weighted by molar-refractivity contribution is 6.35. The monoisotopic (exact) mass is 180 g/mol. The lowest BCUT2D eigenvalue weighted by atomic mass is 10.1.